The van der Waals surface area contributed by atoms with Gasteiger partial charge in [0.1, 0.15) is 18.1 Å². The highest BCUT2D eigenvalue weighted by atomic mass is 32.1. The lowest BCUT2D eigenvalue weighted by Crippen LogP contribution is -2.60. The van der Waals surface area contributed by atoms with Crippen molar-refractivity contribution in [2.75, 3.05) is 12.4 Å². The summed E-state index contributed by atoms with van der Waals surface area (Å²) in [4.78, 5) is 58.3. The lowest BCUT2D eigenvalue weighted by molar-refractivity contribution is -0.144. The van der Waals surface area contributed by atoms with Crippen molar-refractivity contribution in [1.82, 2.24) is 16.0 Å². The van der Waals surface area contributed by atoms with Crippen LogP contribution >= 0.6 is 12.6 Å². The minimum Gasteiger partial charge on any atom is -0.481 e. The second-order valence-corrected chi connectivity index (χ2v) is 6.46. The van der Waals surface area contributed by atoms with Gasteiger partial charge in [0.05, 0.1) is 18.8 Å². The maximum atomic E-state index is 12.5. The number of hydrogen-bond donors (Lipinski definition) is 9. The average Bonchev–Trinajstić information content (AvgIpc) is 2.65. The molecule has 0 aromatic carbocycles. The summed E-state index contributed by atoms with van der Waals surface area (Å²) in [5, 5.41) is 42.7. The van der Waals surface area contributed by atoms with E-state index in [0.717, 1.165) is 6.92 Å². The van der Waals surface area contributed by atoms with Crippen molar-refractivity contribution in [2.24, 2.45) is 5.73 Å². The molecule has 0 heterocycles. The van der Waals surface area contributed by atoms with Crippen LogP contribution in [0.5, 0.6) is 0 Å². The molecule has 0 aliphatic rings. The minimum absolute atomic E-state index is 0.0461. The number of aliphatic carboxylic acids is 2. The molecule has 14 heteroatoms. The first-order chi connectivity index (χ1) is 13.4. The van der Waals surface area contributed by atoms with Crippen LogP contribution < -0.4 is 21.7 Å². The highest BCUT2D eigenvalue weighted by Gasteiger charge is 2.32. The van der Waals surface area contributed by atoms with Crippen molar-refractivity contribution < 1.29 is 44.4 Å². The molecule has 0 saturated carbocycles. The molecule has 166 valence electrons. The summed E-state index contributed by atoms with van der Waals surface area (Å²) >= 11 is 3.85. The average molecular weight is 438 g/mol. The molecule has 0 aliphatic carbocycles. The zero-order chi connectivity index (χ0) is 22.7. The Labute approximate surface area is 171 Å². The number of rotatable bonds is 13. The molecule has 0 aromatic heterocycles. The third-order valence-corrected chi connectivity index (χ3v) is 4.07. The number of nitrogens with one attached hydrogen (secondary N) is 3. The summed E-state index contributed by atoms with van der Waals surface area (Å²) in [5.41, 5.74) is 5.50. The molecule has 0 spiro atoms. The largest absolute Gasteiger partial charge is 0.481 e. The maximum absolute atomic E-state index is 12.5. The number of carboxylic acids is 2. The number of hydrogen-bond acceptors (Lipinski definition) is 9. The molecule has 0 bridgehead atoms. The van der Waals surface area contributed by atoms with E-state index in [2.05, 4.69) is 23.3 Å². The predicted molar refractivity (Wildman–Crippen MR) is 101 cm³/mol. The predicted octanol–water partition coefficient (Wildman–Crippen LogP) is -3.98. The highest BCUT2D eigenvalue weighted by molar-refractivity contribution is 7.80. The van der Waals surface area contributed by atoms with Gasteiger partial charge in [0, 0.05) is 12.2 Å². The molecule has 0 saturated heterocycles. The quantitative estimate of drug-likeness (QED) is 0.127. The fraction of sp³-hybridized carbons (Fsp3) is 0.667. The van der Waals surface area contributed by atoms with Crippen molar-refractivity contribution in [3.05, 3.63) is 0 Å². The molecular weight excluding hydrogens is 412 g/mol. The van der Waals surface area contributed by atoms with Gasteiger partial charge in [0.15, 0.2) is 0 Å². The highest BCUT2D eigenvalue weighted by Crippen LogP contribution is 2.03. The van der Waals surface area contributed by atoms with Crippen LogP contribution in [-0.2, 0) is 24.0 Å². The third kappa shape index (κ3) is 9.56. The summed E-state index contributed by atoms with van der Waals surface area (Å²) < 4.78 is 0. The number of aliphatic hydroxyl groups is 2. The summed E-state index contributed by atoms with van der Waals surface area (Å²) in [6, 6.07) is -5.78. The van der Waals surface area contributed by atoms with Gasteiger partial charge in [0.25, 0.3) is 0 Å². The van der Waals surface area contributed by atoms with Crippen LogP contribution in [0.2, 0.25) is 0 Å². The van der Waals surface area contributed by atoms with E-state index in [1.165, 1.54) is 0 Å². The Morgan fingerprint density at radius 1 is 0.966 bits per heavy atom. The topological polar surface area (TPSA) is 228 Å². The van der Waals surface area contributed by atoms with Gasteiger partial charge >= 0.3 is 11.9 Å². The van der Waals surface area contributed by atoms with Crippen LogP contribution in [-0.4, -0.2) is 92.7 Å². The standard InChI is InChI=1S/C15H26N4O9S/c1-6(21)11(14(26)18-9(4-20)15(27)28)19-13(25)8(2-3-10(22)23)17-12(24)7(16)5-29/h6-9,11,20-21,29H,2-5,16H2,1H3,(H,17,24)(H,18,26)(H,19,25)(H,22,23)(H,27,28). The van der Waals surface area contributed by atoms with E-state index in [1.54, 1.807) is 0 Å². The molecule has 0 rings (SSSR count). The third-order valence-electron chi connectivity index (χ3n) is 3.67. The molecule has 5 atom stereocenters. The van der Waals surface area contributed by atoms with Gasteiger partial charge in [-0.2, -0.15) is 12.6 Å². The van der Waals surface area contributed by atoms with Gasteiger partial charge in [-0.25, -0.2) is 4.79 Å². The lowest BCUT2D eigenvalue weighted by atomic mass is 10.1. The lowest BCUT2D eigenvalue weighted by Gasteiger charge is -2.26. The van der Waals surface area contributed by atoms with E-state index < -0.39 is 73.0 Å². The van der Waals surface area contributed by atoms with Crippen molar-refractivity contribution in [1.29, 1.82) is 0 Å². The van der Waals surface area contributed by atoms with E-state index in [4.69, 9.17) is 21.1 Å². The van der Waals surface area contributed by atoms with Crippen molar-refractivity contribution >= 4 is 42.3 Å². The van der Waals surface area contributed by atoms with E-state index in [1.807, 2.05) is 5.32 Å². The number of carbonyl (C=O) groups is 5. The molecule has 29 heavy (non-hydrogen) atoms. The molecule has 0 aromatic rings. The van der Waals surface area contributed by atoms with Crippen LogP contribution in [0.15, 0.2) is 0 Å². The van der Waals surface area contributed by atoms with Gasteiger partial charge in [-0.15, -0.1) is 0 Å². The van der Waals surface area contributed by atoms with Crippen LogP contribution in [0.3, 0.4) is 0 Å². The van der Waals surface area contributed by atoms with E-state index in [-0.39, 0.29) is 12.2 Å². The Hall–Kier alpha value is -2.42. The summed E-state index contributed by atoms with van der Waals surface area (Å²) in [7, 11) is 0. The van der Waals surface area contributed by atoms with Gasteiger partial charge in [0.2, 0.25) is 17.7 Å². The Morgan fingerprint density at radius 3 is 1.93 bits per heavy atom. The van der Waals surface area contributed by atoms with E-state index in [9.17, 15) is 29.1 Å². The second-order valence-electron chi connectivity index (χ2n) is 6.09. The van der Waals surface area contributed by atoms with Crippen LogP contribution in [0.1, 0.15) is 19.8 Å². The summed E-state index contributed by atoms with van der Waals surface area (Å²) in [6.07, 6.45) is -2.32. The Bertz CT molecular complexity index is 617. The van der Waals surface area contributed by atoms with Crippen molar-refractivity contribution in [3.63, 3.8) is 0 Å². The second kappa shape index (κ2) is 12.9. The van der Waals surface area contributed by atoms with Gasteiger partial charge < -0.3 is 42.1 Å². The Kier molecular flexibility index (Phi) is 11.8. The van der Waals surface area contributed by atoms with Gasteiger partial charge in [-0.05, 0) is 13.3 Å². The zero-order valence-electron chi connectivity index (χ0n) is 15.6. The maximum Gasteiger partial charge on any atom is 0.328 e. The minimum atomic E-state index is -1.67. The SMILES string of the molecule is CC(O)C(NC(=O)C(CCC(=O)O)NC(=O)C(N)CS)C(=O)NC(CO)C(=O)O. The molecule has 3 amide bonds. The molecule has 5 unspecified atom stereocenters. The number of carboxylic acid groups (broad SMARTS) is 2. The first-order valence-electron chi connectivity index (χ1n) is 8.45. The first-order valence-corrected chi connectivity index (χ1v) is 9.08. The first kappa shape index (κ1) is 26.6. The van der Waals surface area contributed by atoms with Crippen LogP contribution in [0, 0.1) is 0 Å². The number of aliphatic hydroxyl groups excluding tert-OH is 2. The number of carbonyl (C=O) groups excluding carboxylic acids is 3. The van der Waals surface area contributed by atoms with Gasteiger partial charge in [-0.1, -0.05) is 0 Å². The smallest absolute Gasteiger partial charge is 0.328 e. The molecule has 0 fully saturated rings. The molecule has 0 aliphatic heterocycles. The van der Waals surface area contributed by atoms with Crippen LogP contribution in [0.4, 0.5) is 0 Å². The van der Waals surface area contributed by atoms with E-state index in [0.29, 0.717) is 0 Å². The zero-order valence-corrected chi connectivity index (χ0v) is 16.5. The normalized spacial score (nSPS) is 15.9. The Balaban J connectivity index is 5.34. The van der Waals surface area contributed by atoms with E-state index >= 15 is 0 Å². The monoisotopic (exact) mass is 438 g/mol. The number of nitrogens with two attached hydrogens (primary N) is 1. The summed E-state index contributed by atoms with van der Waals surface area (Å²) in [6.45, 7) is 0.210. The Morgan fingerprint density at radius 2 is 1.52 bits per heavy atom. The molecule has 13 nitrogen and oxygen atoms in total. The van der Waals surface area contributed by atoms with Crippen molar-refractivity contribution in [3.8, 4) is 0 Å². The summed E-state index contributed by atoms with van der Waals surface area (Å²) in [5.74, 6) is -5.71. The molecule has 0 radical (unpaired) electrons. The molecular formula is C15H26N4O9S. The van der Waals surface area contributed by atoms with Gasteiger partial charge in [-0.3, -0.25) is 19.2 Å². The number of thiol groups is 1. The fourth-order valence-electron chi connectivity index (χ4n) is 2.00. The fourth-order valence-corrected chi connectivity index (χ4v) is 2.17. The van der Waals surface area contributed by atoms with Crippen LogP contribution in [0.25, 0.3) is 0 Å². The van der Waals surface area contributed by atoms with Crippen molar-refractivity contribution in [2.45, 2.75) is 50.0 Å². The molecule has 9 N–H and O–H groups in total. The number of amides is 3.